The predicted molar refractivity (Wildman–Crippen MR) is 113 cm³/mol. The van der Waals surface area contributed by atoms with Crippen molar-refractivity contribution in [3.63, 3.8) is 0 Å². The first kappa shape index (κ1) is 20.3. The second kappa shape index (κ2) is 8.78. The molecule has 1 amide bonds. The fourth-order valence-electron chi connectivity index (χ4n) is 4.48. The van der Waals surface area contributed by atoms with Crippen molar-refractivity contribution < 1.29 is 23.8 Å². The van der Waals surface area contributed by atoms with E-state index in [1.165, 1.54) is 51.9 Å². The first-order valence-electron chi connectivity index (χ1n) is 10.5. The molecule has 1 N–H and O–H groups in total. The summed E-state index contributed by atoms with van der Waals surface area (Å²) in [7, 11) is 2.98. The Bertz CT molecular complexity index is 931. The molecular formula is C24H27NO5. The molecule has 1 aliphatic carbocycles. The van der Waals surface area contributed by atoms with E-state index in [1.807, 2.05) is 12.1 Å². The number of hydrogen-bond donors (Lipinski definition) is 1. The van der Waals surface area contributed by atoms with E-state index in [2.05, 4.69) is 17.4 Å². The molecule has 1 saturated carbocycles. The van der Waals surface area contributed by atoms with Gasteiger partial charge in [0.25, 0.3) is 0 Å². The lowest BCUT2D eigenvalue weighted by molar-refractivity contribution is -0.118. The zero-order valence-electron chi connectivity index (χ0n) is 17.4. The monoisotopic (exact) mass is 409 g/mol. The Labute approximate surface area is 176 Å². The number of methoxy groups -OCH3 is 2. The van der Waals surface area contributed by atoms with Crippen molar-refractivity contribution in [1.82, 2.24) is 0 Å². The number of carbonyl (C=O) groups is 2. The van der Waals surface area contributed by atoms with Crippen LogP contribution in [-0.2, 0) is 9.53 Å². The van der Waals surface area contributed by atoms with Crippen LogP contribution in [0.1, 0.15) is 72.0 Å². The number of benzene rings is 2. The summed E-state index contributed by atoms with van der Waals surface area (Å²) >= 11 is 0. The van der Waals surface area contributed by atoms with Crippen LogP contribution in [0, 0.1) is 0 Å². The van der Waals surface area contributed by atoms with Gasteiger partial charge in [-0.15, -0.1) is 0 Å². The number of esters is 1. The van der Waals surface area contributed by atoms with Gasteiger partial charge in [0.2, 0.25) is 5.91 Å². The molecule has 6 heteroatoms. The van der Waals surface area contributed by atoms with Crippen LogP contribution >= 0.6 is 0 Å². The molecule has 0 aromatic heterocycles. The summed E-state index contributed by atoms with van der Waals surface area (Å²) in [6.45, 7) is 0. The van der Waals surface area contributed by atoms with Gasteiger partial charge in [-0.05, 0) is 42.5 Å². The number of cyclic esters (lactones) is 1. The quantitative estimate of drug-likeness (QED) is 0.680. The van der Waals surface area contributed by atoms with Crippen LogP contribution in [0.2, 0.25) is 0 Å². The number of fused-ring (bicyclic) bond motifs is 1. The van der Waals surface area contributed by atoms with Gasteiger partial charge in [-0.1, -0.05) is 37.5 Å². The highest BCUT2D eigenvalue weighted by molar-refractivity contribution is 5.99. The largest absolute Gasteiger partial charge is 0.493 e. The maximum Gasteiger partial charge on any atom is 0.343 e. The number of amides is 1. The molecule has 0 spiro atoms. The van der Waals surface area contributed by atoms with Crippen molar-refractivity contribution in [2.45, 2.75) is 50.5 Å². The Hall–Kier alpha value is -3.02. The SMILES string of the molecule is COc1ccc2c(c1OC)C(=O)O[C@@H]2CC(=O)Nc1ccc(C2CCCCC2)cc1. The summed E-state index contributed by atoms with van der Waals surface area (Å²) in [5, 5.41) is 2.91. The van der Waals surface area contributed by atoms with Crippen LogP contribution in [0.25, 0.3) is 0 Å². The van der Waals surface area contributed by atoms with E-state index < -0.39 is 12.1 Å². The Morgan fingerprint density at radius 2 is 1.77 bits per heavy atom. The molecule has 2 aliphatic rings. The van der Waals surface area contributed by atoms with Crippen LogP contribution in [0.4, 0.5) is 5.69 Å². The lowest BCUT2D eigenvalue weighted by atomic mass is 9.84. The molecule has 1 atom stereocenters. The third-order valence-electron chi connectivity index (χ3n) is 6.02. The van der Waals surface area contributed by atoms with E-state index >= 15 is 0 Å². The number of ether oxygens (including phenoxy) is 3. The first-order valence-corrected chi connectivity index (χ1v) is 10.5. The van der Waals surface area contributed by atoms with Crippen molar-refractivity contribution in [2.24, 2.45) is 0 Å². The summed E-state index contributed by atoms with van der Waals surface area (Å²) in [5.41, 5.74) is 3.05. The molecule has 30 heavy (non-hydrogen) atoms. The maximum absolute atomic E-state index is 12.6. The van der Waals surface area contributed by atoms with Gasteiger partial charge in [0.15, 0.2) is 11.5 Å². The molecule has 1 fully saturated rings. The van der Waals surface area contributed by atoms with Gasteiger partial charge in [-0.25, -0.2) is 4.79 Å². The Balaban J connectivity index is 1.42. The van der Waals surface area contributed by atoms with E-state index in [0.717, 1.165) is 5.69 Å². The maximum atomic E-state index is 12.6. The van der Waals surface area contributed by atoms with Crippen LogP contribution in [0.3, 0.4) is 0 Å². The molecule has 158 valence electrons. The molecule has 2 aromatic rings. The van der Waals surface area contributed by atoms with Crippen LogP contribution < -0.4 is 14.8 Å². The molecule has 6 nitrogen and oxygen atoms in total. The third-order valence-corrected chi connectivity index (χ3v) is 6.02. The normalized spacial score (nSPS) is 18.5. The van der Waals surface area contributed by atoms with Crippen LogP contribution in [0.15, 0.2) is 36.4 Å². The van der Waals surface area contributed by atoms with Gasteiger partial charge < -0.3 is 19.5 Å². The van der Waals surface area contributed by atoms with Crippen LogP contribution in [0.5, 0.6) is 11.5 Å². The van der Waals surface area contributed by atoms with Gasteiger partial charge in [-0.3, -0.25) is 4.79 Å². The van der Waals surface area contributed by atoms with Crippen molar-refractivity contribution in [2.75, 3.05) is 19.5 Å². The van der Waals surface area contributed by atoms with Crippen molar-refractivity contribution in [3.8, 4) is 11.5 Å². The Kier molecular flexibility index (Phi) is 5.93. The number of nitrogens with one attached hydrogen (secondary N) is 1. The van der Waals surface area contributed by atoms with Gasteiger partial charge in [-0.2, -0.15) is 0 Å². The van der Waals surface area contributed by atoms with E-state index in [1.54, 1.807) is 12.1 Å². The summed E-state index contributed by atoms with van der Waals surface area (Å²) in [5.74, 6) is 0.707. The van der Waals surface area contributed by atoms with Crippen molar-refractivity contribution in [1.29, 1.82) is 0 Å². The topological polar surface area (TPSA) is 73.9 Å². The zero-order chi connectivity index (χ0) is 21.1. The zero-order valence-corrected chi connectivity index (χ0v) is 17.4. The first-order chi connectivity index (χ1) is 14.6. The standard InChI is InChI=1S/C24H27NO5/c1-28-19-13-12-18-20(30-24(27)22(18)23(19)29-2)14-21(26)25-17-10-8-16(9-11-17)15-6-4-3-5-7-15/h8-13,15,20H,3-7,14H2,1-2H3,(H,25,26)/t20-/m1/s1. The fraction of sp³-hybridized carbons (Fsp3) is 0.417. The Morgan fingerprint density at radius 1 is 1.03 bits per heavy atom. The van der Waals surface area contributed by atoms with Gasteiger partial charge in [0.1, 0.15) is 11.7 Å². The highest BCUT2D eigenvalue weighted by Gasteiger charge is 2.36. The molecule has 0 bridgehead atoms. The average Bonchev–Trinajstić information content (AvgIpc) is 3.09. The van der Waals surface area contributed by atoms with Gasteiger partial charge in [0.05, 0.1) is 20.6 Å². The number of hydrogen-bond acceptors (Lipinski definition) is 5. The van der Waals surface area contributed by atoms with Gasteiger partial charge in [0, 0.05) is 11.3 Å². The minimum absolute atomic E-state index is 0.0403. The average molecular weight is 409 g/mol. The molecule has 0 radical (unpaired) electrons. The summed E-state index contributed by atoms with van der Waals surface area (Å²) < 4.78 is 16.0. The second-order valence-electron chi connectivity index (χ2n) is 7.87. The van der Waals surface area contributed by atoms with E-state index in [-0.39, 0.29) is 12.3 Å². The van der Waals surface area contributed by atoms with E-state index in [0.29, 0.717) is 28.5 Å². The minimum Gasteiger partial charge on any atom is -0.493 e. The summed E-state index contributed by atoms with van der Waals surface area (Å²) in [6, 6.07) is 11.6. The molecule has 2 aromatic carbocycles. The molecule has 1 heterocycles. The molecule has 0 unspecified atom stereocenters. The second-order valence-corrected chi connectivity index (χ2v) is 7.87. The molecular weight excluding hydrogens is 382 g/mol. The third kappa shape index (κ3) is 3.99. The van der Waals surface area contributed by atoms with Crippen molar-refractivity contribution >= 4 is 17.6 Å². The number of anilines is 1. The van der Waals surface area contributed by atoms with Crippen LogP contribution in [-0.4, -0.2) is 26.1 Å². The molecule has 1 aliphatic heterocycles. The predicted octanol–water partition coefficient (Wildman–Crippen LogP) is 4.99. The molecule has 0 saturated heterocycles. The summed E-state index contributed by atoms with van der Waals surface area (Å²) in [4.78, 5) is 25.0. The van der Waals surface area contributed by atoms with E-state index in [9.17, 15) is 9.59 Å². The molecule has 4 rings (SSSR count). The highest BCUT2D eigenvalue weighted by atomic mass is 16.6. The Morgan fingerprint density at radius 3 is 2.43 bits per heavy atom. The minimum atomic E-state index is -0.645. The number of rotatable bonds is 6. The summed E-state index contributed by atoms with van der Waals surface area (Å²) in [6.07, 6.45) is 5.80. The highest BCUT2D eigenvalue weighted by Crippen LogP contribution is 2.43. The number of carbonyl (C=O) groups excluding carboxylic acids is 2. The van der Waals surface area contributed by atoms with Gasteiger partial charge >= 0.3 is 5.97 Å². The fourth-order valence-corrected chi connectivity index (χ4v) is 4.48. The lowest BCUT2D eigenvalue weighted by Crippen LogP contribution is -2.16. The lowest BCUT2D eigenvalue weighted by Gasteiger charge is -2.22. The van der Waals surface area contributed by atoms with E-state index in [4.69, 9.17) is 14.2 Å². The van der Waals surface area contributed by atoms with Crippen molar-refractivity contribution in [3.05, 3.63) is 53.1 Å². The smallest absolute Gasteiger partial charge is 0.343 e.